The topological polar surface area (TPSA) is 24.9 Å². The Labute approximate surface area is 131 Å². The van der Waals surface area contributed by atoms with Crippen molar-refractivity contribution in [2.24, 2.45) is 0 Å². The van der Waals surface area contributed by atoms with Gasteiger partial charge in [-0.25, -0.2) is 13.8 Å². The molecule has 1 aromatic heterocycles. The largest absolute Gasteiger partial charge is 0.340 e. The Morgan fingerprint density at radius 2 is 1.68 bits per heavy atom. The van der Waals surface area contributed by atoms with Crippen molar-refractivity contribution >= 4 is 23.1 Å². The fourth-order valence-corrected chi connectivity index (χ4v) is 2.16. The second-order valence-electron chi connectivity index (χ2n) is 4.67. The van der Waals surface area contributed by atoms with Crippen LogP contribution in [0.4, 0.5) is 20.3 Å². The molecule has 3 aromatic rings. The lowest BCUT2D eigenvalue weighted by Crippen LogP contribution is -1.94. The lowest BCUT2D eigenvalue weighted by Gasteiger charge is -2.07. The second-order valence-corrected chi connectivity index (χ2v) is 5.10. The van der Waals surface area contributed by atoms with Crippen molar-refractivity contribution in [1.82, 2.24) is 4.98 Å². The minimum absolute atomic E-state index is 0.186. The third-order valence-corrected chi connectivity index (χ3v) is 3.39. The maximum atomic E-state index is 13.7. The Bertz CT molecular complexity index is 787. The Hall–Kier alpha value is -2.46. The smallest absolute Gasteiger partial charge is 0.166 e. The molecule has 0 fully saturated rings. The lowest BCUT2D eigenvalue weighted by molar-refractivity contribution is 0.511. The van der Waals surface area contributed by atoms with E-state index in [9.17, 15) is 8.78 Å². The fraction of sp³-hybridized carbons (Fsp3) is 0. The van der Waals surface area contributed by atoms with Crippen LogP contribution in [0.1, 0.15) is 0 Å². The van der Waals surface area contributed by atoms with E-state index in [2.05, 4.69) is 10.3 Å². The van der Waals surface area contributed by atoms with E-state index >= 15 is 0 Å². The summed E-state index contributed by atoms with van der Waals surface area (Å²) < 4.78 is 27.0. The number of aromatic nitrogens is 1. The number of nitrogens with zero attached hydrogens (tertiary/aromatic N) is 1. The summed E-state index contributed by atoms with van der Waals surface area (Å²) >= 11 is 5.82. The first-order valence-corrected chi connectivity index (χ1v) is 6.94. The number of rotatable bonds is 3. The molecule has 3 rings (SSSR count). The highest BCUT2D eigenvalue weighted by Gasteiger charge is 2.09. The van der Waals surface area contributed by atoms with Crippen LogP contribution in [0.5, 0.6) is 0 Å². The van der Waals surface area contributed by atoms with Gasteiger partial charge in [-0.05, 0) is 42.5 Å². The van der Waals surface area contributed by atoms with Crippen molar-refractivity contribution in [2.45, 2.75) is 0 Å². The van der Waals surface area contributed by atoms with Gasteiger partial charge in [0.25, 0.3) is 0 Å². The van der Waals surface area contributed by atoms with E-state index in [0.717, 1.165) is 11.8 Å². The number of pyridine rings is 1. The summed E-state index contributed by atoms with van der Waals surface area (Å²) in [6.07, 6.45) is 1.50. The monoisotopic (exact) mass is 316 g/mol. The summed E-state index contributed by atoms with van der Waals surface area (Å²) in [4.78, 5) is 4.21. The average Bonchev–Trinajstić information content (AvgIpc) is 2.53. The van der Waals surface area contributed by atoms with Gasteiger partial charge in [0, 0.05) is 28.0 Å². The molecule has 2 nitrogen and oxygen atoms in total. The number of hydrogen-bond acceptors (Lipinski definition) is 2. The van der Waals surface area contributed by atoms with Crippen LogP contribution in [0.15, 0.2) is 60.8 Å². The van der Waals surface area contributed by atoms with Crippen molar-refractivity contribution < 1.29 is 8.78 Å². The second kappa shape index (κ2) is 6.12. The summed E-state index contributed by atoms with van der Waals surface area (Å²) in [5.74, 6) is -1.15. The highest BCUT2D eigenvalue weighted by atomic mass is 35.5. The molecular weight excluding hydrogens is 306 g/mol. The molecule has 110 valence electrons. The number of nitrogens with one attached hydrogen (secondary N) is 1. The molecule has 0 spiro atoms. The Kier molecular flexibility index (Phi) is 4.02. The van der Waals surface area contributed by atoms with Crippen LogP contribution in [0.25, 0.3) is 11.1 Å². The SMILES string of the molecule is Fc1cccc(-c2ccc(Nc3ccc(Cl)cc3)nc2)c1F. The molecule has 5 heteroatoms. The molecule has 0 saturated carbocycles. The first-order valence-electron chi connectivity index (χ1n) is 6.56. The minimum atomic E-state index is -0.874. The predicted molar refractivity (Wildman–Crippen MR) is 84.3 cm³/mol. The summed E-state index contributed by atoms with van der Waals surface area (Å²) in [6.45, 7) is 0. The van der Waals surface area contributed by atoms with Crippen LogP contribution in [-0.4, -0.2) is 4.98 Å². The molecule has 0 aliphatic rings. The predicted octanol–water partition coefficient (Wildman–Crippen LogP) is 5.42. The molecule has 0 saturated heterocycles. The molecule has 1 heterocycles. The van der Waals surface area contributed by atoms with Gasteiger partial charge < -0.3 is 5.32 Å². The summed E-state index contributed by atoms with van der Waals surface area (Å²) in [5, 5.41) is 3.75. The lowest BCUT2D eigenvalue weighted by atomic mass is 10.1. The Morgan fingerprint density at radius 1 is 0.909 bits per heavy atom. The van der Waals surface area contributed by atoms with E-state index in [1.54, 1.807) is 24.3 Å². The van der Waals surface area contributed by atoms with Crippen LogP contribution in [0, 0.1) is 11.6 Å². The maximum absolute atomic E-state index is 13.7. The van der Waals surface area contributed by atoms with E-state index in [4.69, 9.17) is 11.6 Å². The summed E-state index contributed by atoms with van der Waals surface area (Å²) in [5.41, 5.74) is 1.53. The van der Waals surface area contributed by atoms with Gasteiger partial charge in [-0.15, -0.1) is 0 Å². The van der Waals surface area contributed by atoms with Crippen LogP contribution in [0.2, 0.25) is 5.02 Å². The number of anilines is 2. The van der Waals surface area contributed by atoms with Crippen molar-refractivity contribution in [2.75, 3.05) is 5.32 Å². The Morgan fingerprint density at radius 3 is 2.36 bits per heavy atom. The van der Waals surface area contributed by atoms with E-state index in [1.165, 1.54) is 18.3 Å². The Balaban J connectivity index is 1.83. The highest BCUT2D eigenvalue weighted by molar-refractivity contribution is 6.30. The molecule has 0 aliphatic heterocycles. The number of halogens is 3. The van der Waals surface area contributed by atoms with E-state index in [1.807, 2.05) is 12.1 Å². The summed E-state index contributed by atoms with van der Waals surface area (Å²) in [7, 11) is 0. The molecule has 0 radical (unpaired) electrons. The van der Waals surface area contributed by atoms with Crippen molar-refractivity contribution in [1.29, 1.82) is 0 Å². The maximum Gasteiger partial charge on any atom is 0.166 e. The van der Waals surface area contributed by atoms with Crippen molar-refractivity contribution in [3.63, 3.8) is 0 Å². The van der Waals surface area contributed by atoms with Crippen LogP contribution >= 0.6 is 11.6 Å². The molecule has 0 atom stereocenters. The number of benzene rings is 2. The van der Waals surface area contributed by atoms with Gasteiger partial charge in [-0.3, -0.25) is 0 Å². The molecule has 0 aliphatic carbocycles. The molecule has 0 bridgehead atoms. The van der Waals surface area contributed by atoms with Gasteiger partial charge in [0.2, 0.25) is 0 Å². The zero-order valence-electron chi connectivity index (χ0n) is 11.4. The van der Waals surface area contributed by atoms with Gasteiger partial charge in [0.15, 0.2) is 11.6 Å². The highest BCUT2D eigenvalue weighted by Crippen LogP contribution is 2.25. The van der Waals surface area contributed by atoms with Gasteiger partial charge >= 0.3 is 0 Å². The number of hydrogen-bond donors (Lipinski definition) is 1. The molecule has 1 N–H and O–H groups in total. The third kappa shape index (κ3) is 3.07. The van der Waals surface area contributed by atoms with E-state index in [0.29, 0.717) is 16.4 Å². The van der Waals surface area contributed by atoms with Crippen LogP contribution in [-0.2, 0) is 0 Å². The molecular formula is C17H11ClF2N2. The zero-order valence-corrected chi connectivity index (χ0v) is 12.1. The van der Waals surface area contributed by atoms with Gasteiger partial charge in [-0.2, -0.15) is 0 Å². The summed E-state index contributed by atoms with van der Waals surface area (Å²) in [6, 6.07) is 14.6. The van der Waals surface area contributed by atoms with Crippen molar-refractivity contribution in [3.05, 3.63) is 77.5 Å². The third-order valence-electron chi connectivity index (χ3n) is 3.14. The molecule has 22 heavy (non-hydrogen) atoms. The van der Waals surface area contributed by atoms with Gasteiger partial charge in [0.05, 0.1) is 0 Å². The molecule has 2 aromatic carbocycles. The quantitative estimate of drug-likeness (QED) is 0.697. The minimum Gasteiger partial charge on any atom is -0.340 e. The standard InChI is InChI=1S/C17H11ClF2N2/c18-12-5-7-13(8-6-12)22-16-9-4-11(10-21-16)14-2-1-3-15(19)17(14)20/h1-10H,(H,21,22). The fourth-order valence-electron chi connectivity index (χ4n) is 2.03. The molecule has 0 unspecified atom stereocenters. The van der Waals surface area contributed by atoms with E-state index in [-0.39, 0.29) is 5.56 Å². The van der Waals surface area contributed by atoms with Crippen molar-refractivity contribution in [3.8, 4) is 11.1 Å². The van der Waals surface area contributed by atoms with Crippen LogP contribution in [0.3, 0.4) is 0 Å². The van der Waals surface area contributed by atoms with Gasteiger partial charge in [0.1, 0.15) is 5.82 Å². The zero-order chi connectivity index (χ0) is 15.5. The first-order chi connectivity index (χ1) is 10.6. The normalized spacial score (nSPS) is 10.5. The van der Waals surface area contributed by atoms with Crippen LogP contribution < -0.4 is 5.32 Å². The van der Waals surface area contributed by atoms with E-state index < -0.39 is 11.6 Å². The average molecular weight is 317 g/mol. The van der Waals surface area contributed by atoms with Gasteiger partial charge in [-0.1, -0.05) is 23.7 Å². The first kappa shape index (κ1) is 14.5. The molecule has 0 amide bonds.